The Hall–Kier alpha value is -0.620. The summed E-state index contributed by atoms with van der Waals surface area (Å²) in [6.45, 7) is 4.87. The monoisotopic (exact) mass is 276 g/mol. The minimum Gasteiger partial charge on any atom is -0.338 e. The van der Waals surface area contributed by atoms with Crippen LogP contribution in [-0.2, 0) is 14.6 Å². The zero-order chi connectivity index (χ0) is 13.9. The maximum absolute atomic E-state index is 12.2. The summed E-state index contributed by atoms with van der Waals surface area (Å²) in [6.07, 6.45) is 3.49. The van der Waals surface area contributed by atoms with Crippen molar-refractivity contribution in [1.82, 2.24) is 4.90 Å². The average molecular weight is 276 g/mol. The average Bonchev–Trinajstić information content (AvgIpc) is 2.27. The van der Waals surface area contributed by atoms with Crippen molar-refractivity contribution in [1.29, 1.82) is 0 Å². The molecule has 6 heteroatoms. The lowest BCUT2D eigenvalue weighted by atomic mass is 9.94. The molecule has 1 amide bonds. The molecule has 0 aromatic carbocycles. The van der Waals surface area contributed by atoms with Gasteiger partial charge in [-0.05, 0) is 32.1 Å². The molecule has 0 spiro atoms. The molecule has 1 heterocycles. The number of carbonyl (C=O) groups excluding carboxylic acids is 1. The Kier molecular flexibility index (Phi) is 5.16. The van der Waals surface area contributed by atoms with Gasteiger partial charge in [-0.15, -0.1) is 0 Å². The highest BCUT2D eigenvalue weighted by Crippen LogP contribution is 2.22. The number of piperidine rings is 1. The van der Waals surface area contributed by atoms with Gasteiger partial charge in [0.1, 0.15) is 9.84 Å². The van der Waals surface area contributed by atoms with E-state index in [1.165, 1.54) is 0 Å². The van der Waals surface area contributed by atoms with Gasteiger partial charge in [0.2, 0.25) is 5.91 Å². The second-order valence-corrected chi connectivity index (χ2v) is 7.81. The van der Waals surface area contributed by atoms with Crippen molar-refractivity contribution in [3.63, 3.8) is 0 Å². The van der Waals surface area contributed by atoms with Crippen LogP contribution < -0.4 is 5.73 Å². The van der Waals surface area contributed by atoms with E-state index in [-0.39, 0.29) is 24.1 Å². The third-order valence-corrected chi connectivity index (χ3v) is 4.49. The molecule has 3 unspecified atom stereocenters. The molecule has 0 saturated carbocycles. The van der Waals surface area contributed by atoms with Crippen LogP contribution in [-0.4, -0.2) is 49.9 Å². The Balaban J connectivity index is 2.57. The minimum absolute atomic E-state index is 0.0301. The number of rotatable bonds is 4. The molecule has 2 N–H and O–H groups in total. The van der Waals surface area contributed by atoms with Gasteiger partial charge in [0, 0.05) is 18.8 Å². The van der Waals surface area contributed by atoms with Crippen molar-refractivity contribution in [2.75, 3.05) is 18.6 Å². The fraction of sp³-hybridized carbons (Fsp3) is 0.917. The molecular weight excluding hydrogens is 252 g/mol. The molecule has 1 aliphatic rings. The molecule has 0 aromatic rings. The Bertz CT molecular complexity index is 394. The van der Waals surface area contributed by atoms with Crippen molar-refractivity contribution in [2.24, 2.45) is 11.7 Å². The predicted octanol–water partition coefficient (Wildman–Crippen LogP) is 0.395. The van der Waals surface area contributed by atoms with E-state index >= 15 is 0 Å². The molecule has 0 bridgehead atoms. The quantitative estimate of drug-likeness (QED) is 0.805. The van der Waals surface area contributed by atoms with Crippen LogP contribution in [0.2, 0.25) is 0 Å². The van der Waals surface area contributed by atoms with E-state index < -0.39 is 15.9 Å². The van der Waals surface area contributed by atoms with Crippen molar-refractivity contribution in [2.45, 2.75) is 45.2 Å². The van der Waals surface area contributed by atoms with Crippen LogP contribution in [0, 0.1) is 5.92 Å². The van der Waals surface area contributed by atoms with Crippen molar-refractivity contribution in [3.8, 4) is 0 Å². The lowest BCUT2D eigenvalue weighted by Gasteiger charge is -2.38. The first-order chi connectivity index (χ1) is 8.20. The summed E-state index contributed by atoms with van der Waals surface area (Å²) >= 11 is 0. The van der Waals surface area contributed by atoms with Crippen molar-refractivity contribution >= 4 is 15.7 Å². The van der Waals surface area contributed by atoms with Crippen LogP contribution in [0.15, 0.2) is 0 Å². The highest BCUT2D eigenvalue weighted by molar-refractivity contribution is 7.90. The van der Waals surface area contributed by atoms with Crippen molar-refractivity contribution < 1.29 is 13.2 Å². The standard InChI is InChI=1S/C12H24N2O3S/c1-9-4-5-10(2)14(8-9)12(15)11(13)6-7-18(3,16)17/h9-11H,4-8,13H2,1-3H3. The summed E-state index contributed by atoms with van der Waals surface area (Å²) in [5.74, 6) is 0.350. The summed E-state index contributed by atoms with van der Waals surface area (Å²) in [5, 5.41) is 0. The predicted molar refractivity (Wildman–Crippen MR) is 71.9 cm³/mol. The second-order valence-electron chi connectivity index (χ2n) is 5.55. The summed E-state index contributed by atoms with van der Waals surface area (Å²) < 4.78 is 22.1. The lowest BCUT2D eigenvalue weighted by Crippen LogP contribution is -2.51. The Morgan fingerprint density at radius 3 is 2.56 bits per heavy atom. The maximum atomic E-state index is 12.2. The first-order valence-corrected chi connectivity index (χ1v) is 8.50. The molecule has 3 atom stereocenters. The SMILES string of the molecule is CC1CCC(C)N(C(=O)C(N)CCS(C)(=O)=O)C1. The van der Waals surface area contributed by atoms with E-state index in [4.69, 9.17) is 5.73 Å². The smallest absolute Gasteiger partial charge is 0.239 e. The van der Waals surface area contributed by atoms with Gasteiger partial charge < -0.3 is 10.6 Å². The van der Waals surface area contributed by atoms with Crippen LogP contribution in [0.4, 0.5) is 0 Å². The lowest BCUT2D eigenvalue weighted by molar-refractivity contribution is -0.136. The van der Waals surface area contributed by atoms with Gasteiger partial charge in [-0.2, -0.15) is 0 Å². The van der Waals surface area contributed by atoms with Gasteiger partial charge >= 0.3 is 0 Å². The van der Waals surface area contributed by atoms with E-state index in [1.54, 1.807) is 4.90 Å². The molecule has 18 heavy (non-hydrogen) atoms. The molecule has 1 saturated heterocycles. The Labute approximate surface area is 110 Å². The van der Waals surface area contributed by atoms with Crippen molar-refractivity contribution in [3.05, 3.63) is 0 Å². The van der Waals surface area contributed by atoms with Crippen LogP contribution >= 0.6 is 0 Å². The van der Waals surface area contributed by atoms with Gasteiger partial charge in [0.05, 0.1) is 11.8 Å². The number of nitrogens with zero attached hydrogens (tertiary/aromatic N) is 1. The molecule has 0 aliphatic carbocycles. The van der Waals surface area contributed by atoms with Crippen LogP contribution in [0.25, 0.3) is 0 Å². The third kappa shape index (κ3) is 4.57. The van der Waals surface area contributed by atoms with Gasteiger partial charge in [0.25, 0.3) is 0 Å². The van der Waals surface area contributed by atoms with Crippen LogP contribution in [0.3, 0.4) is 0 Å². The van der Waals surface area contributed by atoms with Gasteiger partial charge in [0.15, 0.2) is 0 Å². The van der Waals surface area contributed by atoms with Gasteiger partial charge in [-0.1, -0.05) is 6.92 Å². The molecule has 0 aromatic heterocycles. The minimum atomic E-state index is -3.06. The Morgan fingerprint density at radius 2 is 2.00 bits per heavy atom. The number of hydrogen-bond donors (Lipinski definition) is 1. The first kappa shape index (κ1) is 15.4. The zero-order valence-corrected chi connectivity index (χ0v) is 12.2. The van der Waals surface area contributed by atoms with E-state index in [2.05, 4.69) is 6.92 Å². The highest BCUT2D eigenvalue weighted by Gasteiger charge is 2.30. The van der Waals surface area contributed by atoms with Crippen LogP contribution in [0.1, 0.15) is 33.1 Å². The number of nitrogens with two attached hydrogens (primary N) is 1. The molecule has 5 nitrogen and oxygen atoms in total. The second kappa shape index (κ2) is 6.02. The molecule has 1 rings (SSSR count). The largest absolute Gasteiger partial charge is 0.338 e. The summed E-state index contributed by atoms with van der Waals surface area (Å²) in [5.41, 5.74) is 5.81. The van der Waals surface area contributed by atoms with Gasteiger partial charge in [-0.25, -0.2) is 8.42 Å². The highest BCUT2D eigenvalue weighted by atomic mass is 32.2. The number of amides is 1. The number of carbonyl (C=O) groups is 1. The summed E-state index contributed by atoms with van der Waals surface area (Å²) in [7, 11) is -3.06. The number of likely N-dealkylation sites (tertiary alicyclic amines) is 1. The Morgan fingerprint density at radius 1 is 1.39 bits per heavy atom. The van der Waals surface area contributed by atoms with E-state index in [0.29, 0.717) is 5.92 Å². The van der Waals surface area contributed by atoms with E-state index in [0.717, 1.165) is 25.6 Å². The topological polar surface area (TPSA) is 80.5 Å². The third-order valence-electron chi connectivity index (χ3n) is 3.52. The fourth-order valence-electron chi connectivity index (χ4n) is 2.27. The van der Waals surface area contributed by atoms with E-state index in [9.17, 15) is 13.2 Å². The molecule has 1 fully saturated rings. The molecule has 106 valence electrons. The van der Waals surface area contributed by atoms with Gasteiger partial charge in [-0.3, -0.25) is 4.79 Å². The number of hydrogen-bond acceptors (Lipinski definition) is 4. The number of sulfone groups is 1. The fourth-order valence-corrected chi connectivity index (χ4v) is 2.96. The normalized spacial score (nSPS) is 27.0. The molecular formula is C12H24N2O3S. The maximum Gasteiger partial charge on any atom is 0.239 e. The first-order valence-electron chi connectivity index (χ1n) is 6.44. The van der Waals surface area contributed by atoms with Crippen LogP contribution in [0.5, 0.6) is 0 Å². The van der Waals surface area contributed by atoms with E-state index in [1.807, 2.05) is 6.92 Å². The molecule has 1 aliphatic heterocycles. The summed E-state index contributed by atoms with van der Waals surface area (Å²) in [4.78, 5) is 14.0. The summed E-state index contributed by atoms with van der Waals surface area (Å²) in [6, 6.07) is -0.495. The zero-order valence-electron chi connectivity index (χ0n) is 11.4. The molecule has 0 radical (unpaired) electrons.